The van der Waals surface area contributed by atoms with Gasteiger partial charge in [0.25, 0.3) is 0 Å². The van der Waals surface area contributed by atoms with Gasteiger partial charge in [-0.15, -0.1) is 0 Å². The third-order valence-electron chi connectivity index (χ3n) is 4.17. The normalized spacial score (nSPS) is 10.7. The molecule has 0 atom stereocenters. The highest BCUT2D eigenvalue weighted by atomic mass is 16.5. The van der Waals surface area contributed by atoms with Crippen molar-refractivity contribution in [3.63, 3.8) is 0 Å². The van der Waals surface area contributed by atoms with Gasteiger partial charge in [-0.25, -0.2) is 4.98 Å². The molecule has 0 spiro atoms. The van der Waals surface area contributed by atoms with E-state index in [0.29, 0.717) is 0 Å². The van der Waals surface area contributed by atoms with Gasteiger partial charge in [-0.1, -0.05) is 60.7 Å². The summed E-state index contributed by atoms with van der Waals surface area (Å²) in [5.41, 5.74) is 5.41. The second kappa shape index (κ2) is 6.17. The zero-order valence-corrected chi connectivity index (χ0v) is 13.4. The maximum Gasteiger partial charge on any atom is 0.119 e. The summed E-state index contributed by atoms with van der Waals surface area (Å²) < 4.78 is 5.40. The van der Waals surface area contributed by atoms with Crippen molar-refractivity contribution in [1.82, 2.24) is 4.98 Å². The van der Waals surface area contributed by atoms with Crippen LogP contribution in [0.25, 0.3) is 33.3 Å². The molecule has 24 heavy (non-hydrogen) atoms. The Hall–Kier alpha value is -3.13. The van der Waals surface area contributed by atoms with E-state index in [0.717, 1.165) is 27.9 Å². The molecule has 0 aliphatic rings. The van der Waals surface area contributed by atoms with Crippen LogP contribution in [-0.4, -0.2) is 12.1 Å². The molecule has 0 saturated heterocycles. The minimum atomic E-state index is 0.842. The Kier molecular flexibility index (Phi) is 3.72. The zero-order valence-electron chi connectivity index (χ0n) is 13.4. The van der Waals surface area contributed by atoms with E-state index >= 15 is 0 Å². The molecule has 0 N–H and O–H groups in total. The Labute approximate surface area is 141 Å². The Bertz CT molecular complexity index is 979. The lowest BCUT2D eigenvalue weighted by Crippen LogP contribution is -1.91. The van der Waals surface area contributed by atoms with Crippen LogP contribution in [-0.2, 0) is 0 Å². The minimum Gasteiger partial charge on any atom is -0.497 e. The van der Waals surface area contributed by atoms with E-state index < -0.39 is 0 Å². The number of nitrogens with zero attached hydrogens (tertiary/aromatic N) is 1. The first-order valence-corrected chi connectivity index (χ1v) is 7.95. The molecule has 0 saturated carbocycles. The first-order chi connectivity index (χ1) is 11.8. The predicted octanol–water partition coefficient (Wildman–Crippen LogP) is 5.58. The van der Waals surface area contributed by atoms with E-state index in [4.69, 9.17) is 9.72 Å². The van der Waals surface area contributed by atoms with Crippen LogP contribution < -0.4 is 4.74 Å². The second-order valence-electron chi connectivity index (χ2n) is 5.67. The summed E-state index contributed by atoms with van der Waals surface area (Å²) in [4.78, 5) is 4.85. The van der Waals surface area contributed by atoms with E-state index in [1.165, 1.54) is 11.1 Å². The van der Waals surface area contributed by atoms with Gasteiger partial charge in [0.05, 0.1) is 18.3 Å². The highest BCUT2D eigenvalue weighted by molar-refractivity contribution is 5.97. The van der Waals surface area contributed by atoms with Gasteiger partial charge < -0.3 is 4.74 Å². The highest BCUT2D eigenvalue weighted by Gasteiger charge is 2.10. The molecule has 1 heterocycles. The third kappa shape index (κ3) is 2.63. The third-order valence-corrected chi connectivity index (χ3v) is 4.17. The molecule has 0 radical (unpaired) electrons. The van der Waals surface area contributed by atoms with Crippen LogP contribution in [0.1, 0.15) is 0 Å². The molecule has 0 aliphatic heterocycles. The van der Waals surface area contributed by atoms with Crippen LogP contribution in [0.3, 0.4) is 0 Å². The number of benzene rings is 3. The number of fused-ring (bicyclic) bond motifs is 1. The monoisotopic (exact) mass is 311 g/mol. The van der Waals surface area contributed by atoms with E-state index in [1.807, 2.05) is 36.4 Å². The lowest BCUT2D eigenvalue weighted by Gasteiger charge is -2.11. The molecule has 0 bridgehead atoms. The van der Waals surface area contributed by atoms with Crippen molar-refractivity contribution < 1.29 is 4.74 Å². The second-order valence-corrected chi connectivity index (χ2v) is 5.67. The van der Waals surface area contributed by atoms with Gasteiger partial charge in [0.1, 0.15) is 5.75 Å². The topological polar surface area (TPSA) is 22.1 Å². The molecule has 1 aromatic heterocycles. The molecule has 116 valence electrons. The Morgan fingerprint density at radius 1 is 0.708 bits per heavy atom. The summed E-state index contributed by atoms with van der Waals surface area (Å²) in [6.45, 7) is 0. The molecule has 0 amide bonds. The number of rotatable bonds is 3. The number of ether oxygens (including phenoxy) is 1. The van der Waals surface area contributed by atoms with E-state index in [9.17, 15) is 0 Å². The SMILES string of the molecule is COc1ccc2nc(-c3ccccc3)cc(-c3ccccc3)c2c1. The van der Waals surface area contributed by atoms with Gasteiger partial charge in [-0.05, 0) is 35.4 Å². The van der Waals surface area contributed by atoms with E-state index in [-0.39, 0.29) is 0 Å². The summed E-state index contributed by atoms with van der Waals surface area (Å²) >= 11 is 0. The van der Waals surface area contributed by atoms with Gasteiger partial charge in [-0.2, -0.15) is 0 Å². The van der Waals surface area contributed by atoms with Crippen molar-refractivity contribution in [3.05, 3.63) is 84.9 Å². The lowest BCUT2D eigenvalue weighted by molar-refractivity contribution is 0.415. The van der Waals surface area contributed by atoms with Crippen LogP contribution in [0.5, 0.6) is 5.75 Å². The molecule has 0 aliphatic carbocycles. The van der Waals surface area contributed by atoms with Crippen molar-refractivity contribution in [3.8, 4) is 28.1 Å². The van der Waals surface area contributed by atoms with Crippen LogP contribution in [0.15, 0.2) is 84.9 Å². The highest BCUT2D eigenvalue weighted by Crippen LogP contribution is 2.33. The molecule has 2 nitrogen and oxygen atoms in total. The standard InChI is InChI=1S/C22H17NO/c1-24-18-12-13-21-20(14-18)19(16-8-4-2-5-9-16)15-22(23-21)17-10-6-3-7-11-17/h2-15H,1H3. The average Bonchev–Trinajstić information content (AvgIpc) is 2.68. The van der Waals surface area contributed by atoms with Gasteiger partial charge in [0.15, 0.2) is 0 Å². The number of hydrogen-bond donors (Lipinski definition) is 0. The fourth-order valence-electron chi connectivity index (χ4n) is 2.95. The number of pyridine rings is 1. The molecule has 4 rings (SSSR count). The van der Waals surface area contributed by atoms with Gasteiger partial charge in [-0.3, -0.25) is 0 Å². The molecular formula is C22H17NO. The quantitative estimate of drug-likeness (QED) is 0.493. The van der Waals surface area contributed by atoms with Gasteiger partial charge in [0.2, 0.25) is 0 Å². The maximum absolute atomic E-state index is 5.40. The zero-order chi connectivity index (χ0) is 16.4. The fraction of sp³-hybridized carbons (Fsp3) is 0.0455. The van der Waals surface area contributed by atoms with Crippen LogP contribution >= 0.6 is 0 Å². The summed E-state index contributed by atoms with van der Waals surface area (Å²) in [7, 11) is 1.69. The largest absolute Gasteiger partial charge is 0.497 e. The summed E-state index contributed by atoms with van der Waals surface area (Å²) in [6, 6.07) is 28.9. The molecular weight excluding hydrogens is 294 g/mol. The summed E-state index contributed by atoms with van der Waals surface area (Å²) in [5, 5.41) is 1.10. The molecule has 3 aromatic carbocycles. The summed E-state index contributed by atoms with van der Waals surface area (Å²) in [5.74, 6) is 0.842. The smallest absolute Gasteiger partial charge is 0.119 e. The van der Waals surface area contributed by atoms with Crippen LogP contribution in [0.2, 0.25) is 0 Å². The summed E-state index contributed by atoms with van der Waals surface area (Å²) in [6.07, 6.45) is 0. The Balaban J connectivity index is 2.02. The first-order valence-electron chi connectivity index (χ1n) is 7.95. The molecule has 0 fully saturated rings. The maximum atomic E-state index is 5.40. The number of hydrogen-bond acceptors (Lipinski definition) is 2. The van der Waals surface area contributed by atoms with Crippen molar-refractivity contribution in [2.75, 3.05) is 7.11 Å². The fourth-order valence-corrected chi connectivity index (χ4v) is 2.95. The number of methoxy groups -OCH3 is 1. The molecule has 2 heteroatoms. The van der Waals surface area contributed by atoms with Crippen LogP contribution in [0, 0.1) is 0 Å². The first kappa shape index (κ1) is 14.5. The van der Waals surface area contributed by atoms with Gasteiger partial charge >= 0.3 is 0 Å². The van der Waals surface area contributed by atoms with Gasteiger partial charge in [0, 0.05) is 10.9 Å². The number of aromatic nitrogens is 1. The Morgan fingerprint density at radius 3 is 2.04 bits per heavy atom. The predicted molar refractivity (Wildman–Crippen MR) is 99.2 cm³/mol. The van der Waals surface area contributed by atoms with Crippen molar-refractivity contribution in [2.24, 2.45) is 0 Å². The van der Waals surface area contributed by atoms with Crippen molar-refractivity contribution in [1.29, 1.82) is 0 Å². The molecule has 0 unspecified atom stereocenters. The molecule has 4 aromatic rings. The van der Waals surface area contributed by atoms with E-state index in [2.05, 4.69) is 48.5 Å². The average molecular weight is 311 g/mol. The minimum absolute atomic E-state index is 0.842. The van der Waals surface area contributed by atoms with Crippen molar-refractivity contribution in [2.45, 2.75) is 0 Å². The van der Waals surface area contributed by atoms with E-state index in [1.54, 1.807) is 7.11 Å². The lowest BCUT2D eigenvalue weighted by atomic mass is 9.98. The van der Waals surface area contributed by atoms with Crippen molar-refractivity contribution >= 4 is 10.9 Å². The Morgan fingerprint density at radius 2 is 1.38 bits per heavy atom. The van der Waals surface area contributed by atoms with Crippen LogP contribution in [0.4, 0.5) is 0 Å².